The number of amides is 1. The smallest absolute Gasteiger partial charge is 0.222 e. The summed E-state index contributed by atoms with van der Waals surface area (Å²) in [5, 5.41) is 3.13. The third-order valence-electron chi connectivity index (χ3n) is 4.77. The van der Waals surface area contributed by atoms with Crippen LogP contribution in [0, 0.1) is 0 Å². The third-order valence-corrected chi connectivity index (χ3v) is 4.77. The fraction of sp³-hybridized carbons (Fsp3) is 0.650. The monoisotopic (exact) mass is 403 g/mol. The Labute approximate surface area is 171 Å². The third kappa shape index (κ3) is 8.26. The molecule has 1 N–H and O–H groups in total. The standard InChI is InChI=1S/C20H33N3O.2ClH/c1-3-14-23(20(24)12-7-13-21-2)19-11-8-15-22(17-19)16-18-9-5-4-6-10-18;;/h4-6,9-10,19,21H,3,7-8,11-17H2,1-2H3;2*1H. The summed E-state index contributed by atoms with van der Waals surface area (Å²) >= 11 is 0. The van der Waals surface area contributed by atoms with Crippen LogP contribution in [0.2, 0.25) is 0 Å². The second kappa shape index (κ2) is 14.3. The summed E-state index contributed by atoms with van der Waals surface area (Å²) in [6.07, 6.45) is 4.95. The number of likely N-dealkylation sites (tertiary alicyclic amines) is 1. The Hall–Kier alpha value is -0.810. The molecule has 26 heavy (non-hydrogen) atoms. The number of carbonyl (C=O) groups is 1. The van der Waals surface area contributed by atoms with Crippen LogP contribution in [0.4, 0.5) is 0 Å². The van der Waals surface area contributed by atoms with Crippen LogP contribution in [0.5, 0.6) is 0 Å². The van der Waals surface area contributed by atoms with Gasteiger partial charge in [0.15, 0.2) is 0 Å². The second-order valence-corrected chi connectivity index (χ2v) is 6.81. The predicted octanol–water partition coefficient (Wildman–Crippen LogP) is 3.73. The van der Waals surface area contributed by atoms with Gasteiger partial charge >= 0.3 is 0 Å². The van der Waals surface area contributed by atoms with E-state index in [-0.39, 0.29) is 24.8 Å². The molecule has 6 heteroatoms. The van der Waals surface area contributed by atoms with E-state index in [9.17, 15) is 4.79 Å². The highest BCUT2D eigenvalue weighted by Gasteiger charge is 2.27. The maximum Gasteiger partial charge on any atom is 0.222 e. The van der Waals surface area contributed by atoms with E-state index in [0.29, 0.717) is 18.4 Å². The Morgan fingerprint density at radius 2 is 2.00 bits per heavy atom. The number of benzene rings is 1. The topological polar surface area (TPSA) is 35.6 Å². The molecule has 1 heterocycles. The number of carbonyl (C=O) groups excluding carboxylic acids is 1. The van der Waals surface area contributed by atoms with Gasteiger partial charge in [0.1, 0.15) is 0 Å². The quantitative estimate of drug-likeness (QED) is 0.637. The molecule has 1 fully saturated rings. The molecule has 150 valence electrons. The molecule has 1 amide bonds. The largest absolute Gasteiger partial charge is 0.338 e. The highest BCUT2D eigenvalue weighted by atomic mass is 35.5. The molecule has 0 radical (unpaired) electrons. The minimum absolute atomic E-state index is 0. The van der Waals surface area contributed by atoms with E-state index in [2.05, 4.69) is 52.4 Å². The number of nitrogens with one attached hydrogen (secondary N) is 1. The van der Waals surface area contributed by atoms with Crippen LogP contribution >= 0.6 is 24.8 Å². The molecule has 0 bridgehead atoms. The molecule has 1 aliphatic rings. The number of hydrogen-bond donors (Lipinski definition) is 1. The molecule has 0 aromatic heterocycles. The second-order valence-electron chi connectivity index (χ2n) is 6.81. The van der Waals surface area contributed by atoms with E-state index in [1.54, 1.807) is 0 Å². The average Bonchev–Trinajstić information content (AvgIpc) is 2.61. The molecule has 1 unspecified atom stereocenters. The summed E-state index contributed by atoms with van der Waals surface area (Å²) in [5.41, 5.74) is 1.36. The Morgan fingerprint density at radius 1 is 1.27 bits per heavy atom. The highest BCUT2D eigenvalue weighted by molar-refractivity contribution is 5.85. The summed E-state index contributed by atoms with van der Waals surface area (Å²) in [5.74, 6) is 0.332. The van der Waals surface area contributed by atoms with Crippen molar-refractivity contribution in [1.82, 2.24) is 15.1 Å². The zero-order valence-corrected chi connectivity index (χ0v) is 17.8. The van der Waals surface area contributed by atoms with Crippen molar-refractivity contribution in [3.8, 4) is 0 Å². The van der Waals surface area contributed by atoms with Crippen molar-refractivity contribution in [3.05, 3.63) is 35.9 Å². The van der Waals surface area contributed by atoms with Crippen molar-refractivity contribution in [2.24, 2.45) is 0 Å². The van der Waals surface area contributed by atoms with E-state index in [1.165, 1.54) is 12.0 Å². The van der Waals surface area contributed by atoms with Gasteiger partial charge < -0.3 is 10.2 Å². The fourth-order valence-electron chi connectivity index (χ4n) is 3.58. The number of hydrogen-bond acceptors (Lipinski definition) is 3. The lowest BCUT2D eigenvalue weighted by molar-refractivity contribution is -0.134. The van der Waals surface area contributed by atoms with E-state index in [0.717, 1.165) is 52.0 Å². The lowest BCUT2D eigenvalue weighted by Crippen LogP contribution is -2.50. The van der Waals surface area contributed by atoms with Gasteiger partial charge in [0.05, 0.1) is 0 Å². The first-order chi connectivity index (χ1) is 11.7. The molecule has 1 aromatic carbocycles. The van der Waals surface area contributed by atoms with E-state index in [4.69, 9.17) is 0 Å². The van der Waals surface area contributed by atoms with Crippen molar-refractivity contribution in [1.29, 1.82) is 0 Å². The van der Waals surface area contributed by atoms with Crippen LogP contribution in [0.15, 0.2) is 30.3 Å². The lowest BCUT2D eigenvalue weighted by Gasteiger charge is -2.39. The Morgan fingerprint density at radius 3 is 2.65 bits per heavy atom. The summed E-state index contributed by atoms with van der Waals surface area (Å²) in [6.45, 7) is 7.11. The number of halogens is 2. The molecular formula is C20H35Cl2N3O. The molecule has 0 saturated carbocycles. The van der Waals surface area contributed by atoms with Gasteiger partial charge in [-0.1, -0.05) is 37.3 Å². The molecule has 1 saturated heterocycles. The Balaban J connectivity index is 0.00000312. The normalized spacial score (nSPS) is 17.1. The zero-order chi connectivity index (χ0) is 17.2. The van der Waals surface area contributed by atoms with Gasteiger partial charge in [-0.05, 0) is 51.4 Å². The minimum Gasteiger partial charge on any atom is -0.338 e. The molecule has 4 nitrogen and oxygen atoms in total. The number of piperidine rings is 1. The molecular weight excluding hydrogens is 369 g/mol. The Bertz CT molecular complexity index is 487. The zero-order valence-electron chi connectivity index (χ0n) is 16.2. The first kappa shape index (κ1) is 25.2. The van der Waals surface area contributed by atoms with E-state index < -0.39 is 0 Å². The van der Waals surface area contributed by atoms with Crippen molar-refractivity contribution < 1.29 is 4.79 Å². The highest BCUT2D eigenvalue weighted by Crippen LogP contribution is 2.19. The Kier molecular flexibility index (Phi) is 13.8. The van der Waals surface area contributed by atoms with Crippen LogP contribution in [-0.2, 0) is 11.3 Å². The minimum atomic E-state index is 0. The maximum absolute atomic E-state index is 12.7. The van der Waals surface area contributed by atoms with Crippen molar-refractivity contribution >= 4 is 30.7 Å². The van der Waals surface area contributed by atoms with Crippen LogP contribution in [0.3, 0.4) is 0 Å². The SMILES string of the molecule is CCCN(C(=O)CCCNC)C1CCCN(Cc2ccccc2)C1.Cl.Cl. The van der Waals surface area contributed by atoms with Gasteiger partial charge in [-0.25, -0.2) is 0 Å². The predicted molar refractivity (Wildman–Crippen MR) is 114 cm³/mol. The first-order valence-electron chi connectivity index (χ1n) is 9.45. The summed E-state index contributed by atoms with van der Waals surface area (Å²) in [7, 11) is 1.94. The van der Waals surface area contributed by atoms with Gasteiger partial charge in [0.2, 0.25) is 5.91 Å². The van der Waals surface area contributed by atoms with E-state index in [1.807, 2.05) is 7.05 Å². The van der Waals surface area contributed by atoms with Crippen LogP contribution in [0.25, 0.3) is 0 Å². The van der Waals surface area contributed by atoms with E-state index >= 15 is 0 Å². The fourth-order valence-corrected chi connectivity index (χ4v) is 3.58. The van der Waals surface area contributed by atoms with Crippen molar-refractivity contribution in [3.63, 3.8) is 0 Å². The molecule has 0 aliphatic carbocycles. The number of nitrogens with zero attached hydrogens (tertiary/aromatic N) is 2. The summed E-state index contributed by atoms with van der Waals surface area (Å²) in [4.78, 5) is 17.3. The first-order valence-corrected chi connectivity index (χ1v) is 9.45. The number of rotatable bonds is 9. The summed E-state index contributed by atoms with van der Waals surface area (Å²) in [6, 6.07) is 11.0. The molecule has 1 aliphatic heterocycles. The van der Waals surface area contributed by atoms with Gasteiger partial charge in [-0.3, -0.25) is 9.69 Å². The molecule has 0 spiro atoms. The van der Waals surface area contributed by atoms with Crippen LogP contribution in [-0.4, -0.2) is 55.0 Å². The molecule has 1 atom stereocenters. The summed E-state index contributed by atoms with van der Waals surface area (Å²) < 4.78 is 0. The lowest BCUT2D eigenvalue weighted by atomic mass is 10.0. The van der Waals surface area contributed by atoms with Gasteiger partial charge in [0, 0.05) is 32.1 Å². The molecule has 2 rings (SSSR count). The van der Waals surface area contributed by atoms with Crippen LogP contribution in [0.1, 0.15) is 44.6 Å². The van der Waals surface area contributed by atoms with Crippen molar-refractivity contribution in [2.75, 3.05) is 33.2 Å². The van der Waals surface area contributed by atoms with Gasteiger partial charge in [0.25, 0.3) is 0 Å². The average molecular weight is 404 g/mol. The van der Waals surface area contributed by atoms with Crippen LogP contribution < -0.4 is 5.32 Å². The maximum atomic E-state index is 12.7. The van der Waals surface area contributed by atoms with Gasteiger partial charge in [-0.15, -0.1) is 24.8 Å². The van der Waals surface area contributed by atoms with Gasteiger partial charge in [-0.2, -0.15) is 0 Å². The van der Waals surface area contributed by atoms with Crippen molar-refractivity contribution in [2.45, 2.75) is 51.6 Å². The molecule has 1 aromatic rings.